The summed E-state index contributed by atoms with van der Waals surface area (Å²) in [7, 11) is 0. The SMILES string of the molecule is CCO[C@@H](CC/C=C/C(=O)Nc1ccccc1N)[C@@H](OC(=O)NC(=O)c1ccccc1)c1ccc(O)c(F)c1. The summed E-state index contributed by atoms with van der Waals surface area (Å²) < 4.78 is 25.6. The van der Waals surface area contributed by atoms with Gasteiger partial charge in [0.05, 0.1) is 17.5 Å². The second-order valence-corrected chi connectivity index (χ2v) is 8.41. The highest BCUT2D eigenvalue weighted by Gasteiger charge is 2.29. The Morgan fingerprint density at radius 3 is 2.46 bits per heavy atom. The highest BCUT2D eigenvalue weighted by atomic mass is 19.1. The van der Waals surface area contributed by atoms with Crippen LogP contribution in [0.2, 0.25) is 0 Å². The van der Waals surface area contributed by atoms with Crippen molar-refractivity contribution in [2.45, 2.75) is 32.0 Å². The molecule has 3 aromatic carbocycles. The molecule has 0 aliphatic heterocycles. The van der Waals surface area contributed by atoms with E-state index < -0.39 is 35.8 Å². The Labute approximate surface area is 225 Å². The van der Waals surface area contributed by atoms with Gasteiger partial charge in [-0.05, 0) is 67.8 Å². The van der Waals surface area contributed by atoms with Crippen molar-refractivity contribution in [3.8, 4) is 5.75 Å². The Morgan fingerprint density at radius 1 is 1.05 bits per heavy atom. The molecule has 3 rings (SSSR count). The number of nitrogen functional groups attached to an aromatic ring is 1. The number of alkyl carbamates (subject to hydrolysis) is 1. The quantitative estimate of drug-likeness (QED) is 0.198. The van der Waals surface area contributed by atoms with Crippen molar-refractivity contribution in [1.82, 2.24) is 5.32 Å². The highest BCUT2D eigenvalue weighted by molar-refractivity contribution is 6.03. The smallest absolute Gasteiger partial charge is 0.414 e. The largest absolute Gasteiger partial charge is 0.505 e. The summed E-state index contributed by atoms with van der Waals surface area (Å²) >= 11 is 0. The minimum Gasteiger partial charge on any atom is -0.505 e. The van der Waals surface area contributed by atoms with E-state index in [0.29, 0.717) is 17.8 Å². The fourth-order valence-corrected chi connectivity index (χ4v) is 3.73. The van der Waals surface area contributed by atoms with Crippen molar-refractivity contribution in [3.05, 3.63) is 102 Å². The molecule has 0 aromatic heterocycles. The van der Waals surface area contributed by atoms with Gasteiger partial charge in [-0.15, -0.1) is 0 Å². The molecule has 0 spiro atoms. The van der Waals surface area contributed by atoms with Crippen LogP contribution in [0, 0.1) is 5.82 Å². The average Bonchev–Trinajstić information content (AvgIpc) is 2.92. The van der Waals surface area contributed by atoms with Gasteiger partial charge in [0.15, 0.2) is 17.7 Å². The number of halogens is 1. The first-order valence-corrected chi connectivity index (χ1v) is 12.3. The van der Waals surface area contributed by atoms with E-state index in [1.165, 1.54) is 24.3 Å². The molecule has 5 N–H and O–H groups in total. The number of phenols is 1. The zero-order valence-electron chi connectivity index (χ0n) is 21.3. The summed E-state index contributed by atoms with van der Waals surface area (Å²) in [5.41, 5.74) is 7.23. The van der Waals surface area contributed by atoms with Gasteiger partial charge in [-0.2, -0.15) is 0 Å². The van der Waals surface area contributed by atoms with Crippen LogP contribution in [-0.4, -0.2) is 35.7 Å². The Morgan fingerprint density at radius 2 is 1.77 bits per heavy atom. The van der Waals surface area contributed by atoms with Crippen molar-refractivity contribution in [2.75, 3.05) is 17.7 Å². The van der Waals surface area contributed by atoms with Gasteiger partial charge in [0.25, 0.3) is 5.91 Å². The summed E-state index contributed by atoms with van der Waals surface area (Å²) in [6.07, 6.45) is 0.627. The maximum atomic E-state index is 14.2. The molecule has 0 bridgehead atoms. The minimum atomic E-state index is -1.13. The van der Waals surface area contributed by atoms with Gasteiger partial charge in [-0.3, -0.25) is 14.9 Å². The Balaban J connectivity index is 1.71. The first-order valence-electron chi connectivity index (χ1n) is 12.3. The maximum absolute atomic E-state index is 14.2. The van der Waals surface area contributed by atoms with Gasteiger partial charge in [0.2, 0.25) is 5.91 Å². The predicted octanol–water partition coefficient (Wildman–Crippen LogP) is 5.10. The van der Waals surface area contributed by atoms with E-state index in [1.54, 1.807) is 55.5 Å². The number of anilines is 2. The number of hydrogen-bond donors (Lipinski definition) is 4. The number of carbonyl (C=O) groups excluding carboxylic acids is 3. The van der Waals surface area contributed by atoms with Crippen molar-refractivity contribution >= 4 is 29.3 Å². The third-order valence-corrected chi connectivity index (χ3v) is 5.61. The second kappa shape index (κ2) is 14.3. The number of benzene rings is 3. The van der Waals surface area contributed by atoms with E-state index in [2.05, 4.69) is 10.6 Å². The molecular weight excluding hydrogens is 505 g/mol. The number of hydrogen-bond acceptors (Lipinski definition) is 7. The molecule has 0 unspecified atom stereocenters. The third kappa shape index (κ3) is 8.68. The Hall–Kier alpha value is -4.70. The molecule has 3 amide bonds. The van der Waals surface area contributed by atoms with E-state index in [1.807, 2.05) is 0 Å². The number of carbonyl (C=O) groups is 3. The molecule has 0 heterocycles. The van der Waals surface area contributed by atoms with Crippen LogP contribution in [0.4, 0.5) is 20.6 Å². The molecule has 3 aromatic rings. The molecule has 10 heteroatoms. The maximum Gasteiger partial charge on any atom is 0.414 e. The summed E-state index contributed by atoms with van der Waals surface area (Å²) in [4.78, 5) is 37.3. The van der Waals surface area contributed by atoms with Crippen molar-refractivity contribution in [1.29, 1.82) is 0 Å². The third-order valence-electron chi connectivity index (χ3n) is 5.61. The van der Waals surface area contributed by atoms with Crippen LogP contribution < -0.4 is 16.4 Å². The summed E-state index contributed by atoms with van der Waals surface area (Å²) in [6.45, 7) is 1.99. The van der Waals surface area contributed by atoms with Crippen molar-refractivity contribution < 1.29 is 33.4 Å². The molecule has 0 saturated carbocycles. The average molecular weight is 536 g/mol. The van der Waals surface area contributed by atoms with E-state index in [0.717, 1.165) is 12.1 Å². The Bertz CT molecular complexity index is 1320. The molecule has 0 fully saturated rings. The van der Waals surface area contributed by atoms with Crippen LogP contribution in [0.15, 0.2) is 84.9 Å². The van der Waals surface area contributed by atoms with Crippen LogP contribution in [0.3, 0.4) is 0 Å². The fraction of sp³-hybridized carbons (Fsp3) is 0.207. The van der Waals surface area contributed by atoms with Gasteiger partial charge in [-0.1, -0.05) is 42.5 Å². The summed E-state index contributed by atoms with van der Waals surface area (Å²) in [6, 6.07) is 18.5. The van der Waals surface area contributed by atoms with E-state index in [4.69, 9.17) is 15.2 Å². The molecule has 9 nitrogen and oxygen atoms in total. The summed E-state index contributed by atoms with van der Waals surface area (Å²) in [5.74, 6) is -2.53. The lowest BCUT2D eigenvalue weighted by atomic mass is 9.99. The standard InChI is InChI=1S/C29H30FN3O6/c1-2-38-25(14-8-9-15-26(35)32-23-13-7-6-12-22(23)31)27(20-16-17-24(34)21(30)18-20)39-29(37)33-28(36)19-10-4-3-5-11-19/h3-7,9-13,15-18,25,27,34H,2,8,14,31H2,1H3,(H,32,35)(H,33,36,37)/b15-9+/t25-,27-/m0/s1. The Kier molecular flexibility index (Phi) is 10.6. The molecule has 39 heavy (non-hydrogen) atoms. The highest BCUT2D eigenvalue weighted by Crippen LogP contribution is 2.30. The monoisotopic (exact) mass is 535 g/mol. The van der Waals surface area contributed by atoms with Crippen LogP contribution in [-0.2, 0) is 14.3 Å². The first-order chi connectivity index (χ1) is 18.8. The van der Waals surface area contributed by atoms with Crippen LogP contribution in [0.5, 0.6) is 5.75 Å². The van der Waals surface area contributed by atoms with Gasteiger partial charge in [0, 0.05) is 12.2 Å². The normalized spacial score (nSPS) is 12.5. The number of allylic oxidation sites excluding steroid dienone is 1. The molecular formula is C29H30FN3O6. The lowest BCUT2D eigenvalue weighted by Gasteiger charge is -2.27. The number of rotatable bonds is 11. The molecule has 0 saturated heterocycles. The lowest BCUT2D eigenvalue weighted by Crippen LogP contribution is -2.35. The van der Waals surface area contributed by atoms with Gasteiger partial charge in [-0.25, -0.2) is 9.18 Å². The number of para-hydroxylation sites is 2. The minimum absolute atomic E-state index is 0.215. The molecule has 0 radical (unpaired) electrons. The summed E-state index contributed by atoms with van der Waals surface area (Å²) in [5, 5.41) is 14.5. The second-order valence-electron chi connectivity index (χ2n) is 8.41. The number of amides is 3. The van der Waals surface area contributed by atoms with Gasteiger partial charge >= 0.3 is 6.09 Å². The number of ether oxygens (including phenoxy) is 2. The van der Waals surface area contributed by atoms with E-state index in [9.17, 15) is 23.9 Å². The molecule has 204 valence electrons. The van der Waals surface area contributed by atoms with Crippen LogP contribution >= 0.6 is 0 Å². The number of phenolic OH excluding ortho intramolecular Hbond substituents is 1. The van der Waals surface area contributed by atoms with Gasteiger partial charge < -0.3 is 25.6 Å². The number of nitrogens with one attached hydrogen (secondary N) is 2. The number of nitrogens with two attached hydrogens (primary N) is 1. The topological polar surface area (TPSA) is 140 Å². The fourth-order valence-electron chi connectivity index (χ4n) is 3.73. The molecule has 2 atom stereocenters. The zero-order chi connectivity index (χ0) is 28.2. The zero-order valence-corrected chi connectivity index (χ0v) is 21.3. The van der Waals surface area contributed by atoms with E-state index in [-0.39, 0.29) is 30.1 Å². The van der Waals surface area contributed by atoms with E-state index >= 15 is 0 Å². The molecule has 0 aliphatic rings. The van der Waals surface area contributed by atoms with Gasteiger partial charge in [0.1, 0.15) is 0 Å². The van der Waals surface area contributed by atoms with Crippen molar-refractivity contribution in [3.63, 3.8) is 0 Å². The van der Waals surface area contributed by atoms with Crippen LogP contribution in [0.25, 0.3) is 0 Å². The molecule has 0 aliphatic carbocycles. The van der Waals surface area contributed by atoms with Crippen LogP contribution in [0.1, 0.15) is 41.8 Å². The number of imide groups is 1. The van der Waals surface area contributed by atoms with Crippen molar-refractivity contribution in [2.24, 2.45) is 0 Å². The predicted molar refractivity (Wildman–Crippen MR) is 144 cm³/mol. The lowest BCUT2D eigenvalue weighted by molar-refractivity contribution is -0.111. The first kappa shape index (κ1) is 28.9. The number of aromatic hydroxyl groups is 1.